The van der Waals surface area contributed by atoms with Crippen LogP contribution in [0, 0.1) is 0 Å². The lowest BCUT2D eigenvalue weighted by Gasteiger charge is -2.19. The van der Waals surface area contributed by atoms with Crippen molar-refractivity contribution in [1.82, 2.24) is 14.5 Å². The van der Waals surface area contributed by atoms with Gasteiger partial charge in [-0.2, -0.15) is 0 Å². The predicted molar refractivity (Wildman–Crippen MR) is 133 cm³/mol. The molecular weight excluding hydrogens is 416 g/mol. The molecule has 0 saturated carbocycles. The van der Waals surface area contributed by atoms with E-state index in [2.05, 4.69) is 65.2 Å². The Bertz CT molecular complexity index is 1050. The molecule has 0 amide bonds. The first-order valence-electron chi connectivity index (χ1n) is 11.5. The minimum absolute atomic E-state index is 0.305. The average Bonchev–Trinajstić information content (AvgIpc) is 3.38. The van der Waals surface area contributed by atoms with E-state index < -0.39 is 8.07 Å². The molecule has 0 radical (unpaired) electrons. The maximum absolute atomic E-state index is 11.7. The first-order valence-corrected chi connectivity index (χ1v) is 15.2. The van der Waals surface area contributed by atoms with Crippen molar-refractivity contribution in [3.8, 4) is 0 Å². The number of aromatic nitrogens is 2. The summed E-state index contributed by atoms with van der Waals surface area (Å²) >= 11 is 0. The number of likely N-dealkylation sites (tertiary alicyclic amines) is 1. The molecule has 3 aromatic rings. The van der Waals surface area contributed by atoms with Crippen LogP contribution in [0.3, 0.4) is 0 Å². The van der Waals surface area contributed by atoms with Crippen molar-refractivity contribution < 1.29 is 9.53 Å². The number of nitrogens with zero attached hydrogens (tertiary/aromatic N) is 3. The molecule has 1 aliphatic heterocycles. The summed E-state index contributed by atoms with van der Waals surface area (Å²) < 4.78 is 7.95. The zero-order chi connectivity index (χ0) is 22.6. The Hall–Kier alpha value is -2.48. The molecule has 170 valence electrons. The van der Waals surface area contributed by atoms with Crippen molar-refractivity contribution in [2.45, 2.75) is 51.4 Å². The van der Waals surface area contributed by atoms with Gasteiger partial charge in [0.15, 0.2) is 6.29 Å². The van der Waals surface area contributed by atoms with Gasteiger partial charge in [0, 0.05) is 58.1 Å². The number of hydrogen-bond acceptors (Lipinski definition) is 5. The molecule has 1 unspecified atom stereocenters. The zero-order valence-electron chi connectivity index (χ0n) is 19.4. The molecular formula is C25H34N4O2Si. The minimum Gasteiger partial charge on any atom is -0.380 e. The SMILES string of the molecule is C[Si](C)(C)CCOCn1ccc2c(NC3CCN(Cc4ccccc4)C3)c(C=O)cnc21. The van der Waals surface area contributed by atoms with Crippen LogP contribution in [-0.2, 0) is 18.0 Å². The second-order valence-corrected chi connectivity index (χ2v) is 15.5. The highest BCUT2D eigenvalue weighted by atomic mass is 28.3. The van der Waals surface area contributed by atoms with Gasteiger partial charge < -0.3 is 14.6 Å². The summed E-state index contributed by atoms with van der Waals surface area (Å²) in [5, 5.41) is 4.63. The van der Waals surface area contributed by atoms with E-state index in [0.717, 1.165) is 61.7 Å². The number of rotatable bonds is 10. The summed E-state index contributed by atoms with van der Waals surface area (Å²) in [5.41, 5.74) is 3.68. The van der Waals surface area contributed by atoms with Gasteiger partial charge in [-0.05, 0) is 24.1 Å². The summed E-state index contributed by atoms with van der Waals surface area (Å²) in [6.07, 6.45) is 5.62. The number of carbonyl (C=O) groups is 1. The normalized spacial score (nSPS) is 17.2. The quantitative estimate of drug-likeness (QED) is 0.272. The van der Waals surface area contributed by atoms with Crippen molar-refractivity contribution >= 4 is 31.1 Å². The Kier molecular flexibility index (Phi) is 7.08. The molecule has 4 rings (SSSR count). The highest BCUT2D eigenvalue weighted by Gasteiger charge is 2.24. The Labute approximate surface area is 191 Å². The number of pyridine rings is 1. The monoisotopic (exact) mass is 450 g/mol. The van der Waals surface area contributed by atoms with E-state index in [1.807, 2.05) is 16.8 Å². The largest absolute Gasteiger partial charge is 0.380 e. The first kappa shape index (κ1) is 22.7. The summed E-state index contributed by atoms with van der Waals surface area (Å²) in [6.45, 7) is 11.3. The minimum atomic E-state index is -1.11. The van der Waals surface area contributed by atoms with Crippen LogP contribution in [-0.4, -0.2) is 54.5 Å². The fourth-order valence-corrected chi connectivity index (χ4v) is 4.95. The lowest BCUT2D eigenvalue weighted by Crippen LogP contribution is -2.26. The molecule has 32 heavy (non-hydrogen) atoms. The molecule has 0 aliphatic carbocycles. The number of benzene rings is 1. The van der Waals surface area contributed by atoms with Crippen LogP contribution in [0.15, 0.2) is 48.8 Å². The van der Waals surface area contributed by atoms with E-state index in [9.17, 15) is 4.79 Å². The molecule has 1 atom stereocenters. The number of nitrogens with one attached hydrogen (secondary N) is 1. The van der Waals surface area contributed by atoms with E-state index in [0.29, 0.717) is 18.3 Å². The van der Waals surface area contributed by atoms with Crippen LogP contribution >= 0.6 is 0 Å². The zero-order valence-corrected chi connectivity index (χ0v) is 20.4. The predicted octanol–water partition coefficient (Wildman–Crippen LogP) is 4.85. The molecule has 1 N–H and O–H groups in total. The molecule has 1 aromatic carbocycles. The maximum atomic E-state index is 11.7. The van der Waals surface area contributed by atoms with Gasteiger partial charge in [0.25, 0.3) is 0 Å². The third-order valence-electron chi connectivity index (χ3n) is 6.04. The number of fused-ring (bicyclic) bond motifs is 1. The van der Waals surface area contributed by atoms with Crippen molar-refractivity contribution in [1.29, 1.82) is 0 Å². The standard InChI is InChI=1S/C25H34N4O2Si/c1-32(2,3)14-13-31-19-29-12-10-23-24(21(18-30)15-26-25(23)29)27-22-9-11-28(17-22)16-20-7-5-4-6-8-20/h4-8,10,12,15,18,22H,9,11,13-14,16-17,19H2,1-3H3,(H,26,27). The van der Waals surface area contributed by atoms with Gasteiger partial charge in [-0.3, -0.25) is 9.69 Å². The highest BCUT2D eigenvalue weighted by Crippen LogP contribution is 2.28. The fourth-order valence-electron chi connectivity index (χ4n) is 4.19. The molecule has 0 spiro atoms. The van der Waals surface area contributed by atoms with Gasteiger partial charge >= 0.3 is 0 Å². The van der Waals surface area contributed by atoms with Gasteiger partial charge in [0.1, 0.15) is 12.4 Å². The van der Waals surface area contributed by atoms with Gasteiger partial charge in [-0.25, -0.2) is 4.98 Å². The molecule has 1 aliphatic rings. The second-order valence-electron chi connectivity index (χ2n) is 9.93. The van der Waals surface area contributed by atoms with Crippen LogP contribution in [0.4, 0.5) is 5.69 Å². The van der Waals surface area contributed by atoms with Crippen LogP contribution in [0.1, 0.15) is 22.3 Å². The summed E-state index contributed by atoms with van der Waals surface area (Å²) in [5.74, 6) is 0. The first-order chi connectivity index (χ1) is 15.4. The van der Waals surface area contributed by atoms with Gasteiger partial charge in [0.2, 0.25) is 0 Å². The van der Waals surface area contributed by atoms with E-state index in [-0.39, 0.29) is 0 Å². The van der Waals surface area contributed by atoms with Crippen LogP contribution in [0.25, 0.3) is 11.0 Å². The van der Waals surface area contributed by atoms with Crippen molar-refractivity contribution in [2.24, 2.45) is 0 Å². The fraction of sp³-hybridized carbons (Fsp3) is 0.440. The number of carbonyl (C=O) groups excluding carboxylic acids is 1. The summed E-state index contributed by atoms with van der Waals surface area (Å²) in [6, 6.07) is 14.1. The van der Waals surface area contributed by atoms with Crippen molar-refractivity contribution in [3.63, 3.8) is 0 Å². The highest BCUT2D eigenvalue weighted by molar-refractivity contribution is 6.76. The van der Waals surface area contributed by atoms with Crippen LogP contribution < -0.4 is 5.32 Å². The summed E-state index contributed by atoms with van der Waals surface area (Å²) in [4.78, 5) is 18.8. The Morgan fingerprint density at radius 3 is 2.78 bits per heavy atom. The van der Waals surface area contributed by atoms with Crippen molar-refractivity contribution in [3.05, 3.63) is 59.9 Å². The van der Waals surface area contributed by atoms with Gasteiger partial charge in [-0.1, -0.05) is 50.0 Å². The molecule has 0 bridgehead atoms. The topological polar surface area (TPSA) is 59.4 Å². The lowest BCUT2D eigenvalue weighted by atomic mass is 10.1. The number of hydrogen-bond donors (Lipinski definition) is 1. The molecule has 7 heteroatoms. The molecule has 1 saturated heterocycles. The van der Waals surface area contributed by atoms with Crippen LogP contribution in [0.2, 0.25) is 25.7 Å². The van der Waals surface area contributed by atoms with E-state index >= 15 is 0 Å². The van der Waals surface area contributed by atoms with E-state index in [1.165, 1.54) is 5.56 Å². The Balaban J connectivity index is 1.44. The van der Waals surface area contributed by atoms with Crippen molar-refractivity contribution in [2.75, 3.05) is 25.0 Å². The molecule has 6 nitrogen and oxygen atoms in total. The smallest absolute Gasteiger partial charge is 0.153 e. The number of aldehydes is 1. The number of anilines is 1. The summed E-state index contributed by atoms with van der Waals surface area (Å²) in [7, 11) is -1.11. The Morgan fingerprint density at radius 1 is 1.22 bits per heavy atom. The Morgan fingerprint density at radius 2 is 2.03 bits per heavy atom. The average molecular weight is 451 g/mol. The van der Waals surface area contributed by atoms with E-state index in [4.69, 9.17) is 4.74 Å². The third-order valence-corrected chi connectivity index (χ3v) is 7.75. The lowest BCUT2D eigenvalue weighted by molar-refractivity contribution is 0.0899. The number of ether oxygens (including phenoxy) is 1. The maximum Gasteiger partial charge on any atom is 0.153 e. The third kappa shape index (κ3) is 5.65. The molecule has 1 fully saturated rings. The van der Waals surface area contributed by atoms with E-state index in [1.54, 1.807) is 6.20 Å². The van der Waals surface area contributed by atoms with Crippen LogP contribution in [0.5, 0.6) is 0 Å². The molecule has 3 heterocycles. The van der Waals surface area contributed by atoms with Gasteiger partial charge in [0.05, 0.1) is 11.3 Å². The molecule has 2 aromatic heterocycles. The second kappa shape index (κ2) is 9.98. The van der Waals surface area contributed by atoms with Gasteiger partial charge in [-0.15, -0.1) is 0 Å².